The Balaban J connectivity index is 1.26. The minimum absolute atomic E-state index is 0.0446. The number of rotatable bonds is 1. The molecule has 1 aliphatic carbocycles. The molecule has 54 heavy (non-hydrogen) atoms. The Morgan fingerprint density at radius 1 is 0.593 bits per heavy atom. The zero-order chi connectivity index (χ0) is 37.1. The lowest BCUT2D eigenvalue weighted by atomic mass is 9.43. The van der Waals surface area contributed by atoms with Crippen LogP contribution in [0.1, 0.15) is 62.8 Å². The standard InChI is InChI=1S/C48H45BN2S2Si/c1-28-22-31-30-14-13-19-44-46(30)51(35-15-9-12-18-43(35)54(44,7)8)49-34-26-41-42(53-40-17-11-10-16-39(40)52-41)27-37(34)50(38(23-28)45(31)49)36-25-33-32(24-29(36)2)47(3,4)20-21-48(33,5)6/h9-19,22-27H,20-21H2,1-8H3. The van der Waals surface area contributed by atoms with Gasteiger partial charge in [-0.2, -0.15) is 0 Å². The molecule has 6 aromatic rings. The Bertz CT molecular complexity index is 2660. The highest BCUT2D eigenvalue weighted by Gasteiger charge is 2.51. The normalized spacial score (nSPS) is 18.4. The lowest BCUT2D eigenvalue weighted by Gasteiger charge is -2.51. The molecule has 6 aromatic carbocycles. The highest BCUT2D eigenvalue weighted by Crippen LogP contribution is 2.55. The lowest BCUT2D eigenvalue weighted by Crippen LogP contribution is -2.68. The molecule has 4 aliphatic heterocycles. The zero-order valence-electron chi connectivity index (χ0n) is 32.5. The van der Waals surface area contributed by atoms with Crippen LogP contribution >= 0.6 is 23.5 Å². The number of hydrogen-bond donors (Lipinski definition) is 0. The van der Waals surface area contributed by atoms with E-state index in [4.69, 9.17) is 0 Å². The average molecular weight is 753 g/mol. The van der Waals surface area contributed by atoms with E-state index in [1.807, 2.05) is 23.5 Å². The molecule has 5 aliphatic rings. The maximum Gasteiger partial charge on any atom is 0.333 e. The zero-order valence-corrected chi connectivity index (χ0v) is 35.2. The molecule has 0 aromatic heterocycles. The van der Waals surface area contributed by atoms with Crippen LogP contribution in [0.2, 0.25) is 13.1 Å². The Hall–Kier alpha value is -4.10. The van der Waals surface area contributed by atoms with Gasteiger partial charge in [0.1, 0.15) is 8.07 Å². The van der Waals surface area contributed by atoms with E-state index >= 15 is 0 Å². The minimum Gasteiger partial charge on any atom is -0.377 e. The van der Waals surface area contributed by atoms with Crippen molar-refractivity contribution in [2.45, 2.75) is 97.9 Å². The molecule has 0 bridgehead atoms. The van der Waals surface area contributed by atoms with Gasteiger partial charge in [0.2, 0.25) is 0 Å². The van der Waals surface area contributed by atoms with Crippen LogP contribution in [0.4, 0.5) is 28.4 Å². The fourth-order valence-electron chi connectivity index (χ4n) is 10.5. The molecule has 266 valence electrons. The number of fused-ring (bicyclic) bond motifs is 9. The molecule has 0 fully saturated rings. The first-order chi connectivity index (χ1) is 25.8. The number of benzene rings is 6. The molecular formula is C48H45BN2S2Si. The van der Waals surface area contributed by atoms with Crippen molar-refractivity contribution in [3.05, 3.63) is 125 Å². The number of hydrogen-bond acceptors (Lipinski definition) is 4. The summed E-state index contributed by atoms with van der Waals surface area (Å²) in [7, 11) is -1.99. The molecule has 0 unspecified atom stereocenters. The van der Waals surface area contributed by atoms with Crippen LogP contribution in [-0.2, 0) is 10.8 Å². The second-order valence-corrected chi connectivity index (χ2v) is 24.7. The van der Waals surface area contributed by atoms with Crippen molar-refractivity contribution in [2.24, 2.45) is 0 Å². The smallest absolute Gasteiger partial charge is 0.333 e. The first-order valence-electron chi connectivity index (χ1n) is 19.6. The summed E-state index contributed by atoms with van der Waals surface area (Å²) in [4.78, 5) is 10.8. The van der Waals surface area contributed by atoms with E-state index in [1.165, 1.54) is 110 Å². The highest BCUT2D eigenvalue weighted by molar-refractivity contribution is 8.05. The summed E-state index contributed by atoms with van der Waals surface area (Å²) in [6.45, 7) is 19.6. The van der Waals surface area contributed by atoms with Crippen molar-refractivity contribution in [2.75, 3.05) is 9.71 Å². The molecule has 0 saturated heterocycles. The quantitative estimate of drug-likeness (QED) is 0.154. The van der Waals surface area contributed by atoms with Gasteiger partial charge in [-0.05, 0) is 129 Å². The fourth-order valence-corrected chi connectivity index (χ4v) is 15.8. The molecule has 0 radical (unpaired) electrons. The van der Waals surface area contributed by atoms with Crippen LogP contribution in [0.25, 0.3) is 11.1 Å². The molecular weight excluding hydrogens is 708 g/mol. The topological polar surface area (TPSA) is 6.48 Å². The first-order valence-corrected chi connectivity index (χ1v) is 24.2. The van der Waals surface area contributed by atoms with Crippen molar-refractivity contribution >= 4 is 88.2 Å². The third-order valence-electron chi connectivity index (χ3n) is 13.5. The van der Waals surface area contributed by atoms with Gasteiger partial charge in [-0.1, -0.05) is 125 Å². The molecule has 0 N–H and O–H groups in total. The second kappa shape index (κ2) is 11.0. The summed E-state index contributed by atoms with van der Waals surface area (Å²) in [6, 6.07) is 40.7. The Labute approximate surface area is 330 Å². The number of nitrogens with zero attached hydrogens (tertiary/aromatic N) is 2. The molecule has 6 heteroatoms. The maximum absolute atomic E-state index is 2.77. The first kappa shape index (κ1) is 33.3. The molecule has 0 amide bonds. The third-order valence-corrected chi connectivity index (χ3v) is 19.5. The highest BCUT2D eigenvalue weighted by atomic mass is 32.2. The lowest BCUT2D eigenvalue weighted by molar-refractivity contribution is 0.332. The molecule has 2 nitrogen and oxygen atoms in total. The van der Waals surface area contributed by atoms with Gasteiger partial charge >= 0.3 is 6.85 Å². The third kappa shape index (κ3) is 4.39. The van der Waals surface area contributed by atoms with Gasteiger partial charge < -0.3 is 9.71 Å². The van der Waals surface area contributed by atoms with E-state index in [2.05, 4.69) is 167 Å². The van der Waals surface area contributed by atoms with E-state index in [-0.39, 0.29) is 17.7 Å². The predicted octanol–water partition coefficient (Wildman–Crippen LogP) is 11.1. The Kier molecular flexibility index (Phi) is 6.79. The predicted molar refractivity (Wildman–Crippen MR) is 236 cm³/mol. The molecule has 0 saturated carbocycles. The van der Waals surface area contributed by atoms with Crippen LogP contribution < -0.4 is 31.0 Å². The van der Waals surface area contributed by atoms with Crippen LogP contribution in [0, 0.1) is 13.8 Å². The summed E-state index contributed by atoms with van der Waals surface area (Å²) < 4.78 is 0. The monoisotopic (exact) mass is 752 g/mol. The van der Waals surface area contributed by atoms with Gasteiger partial charge in [-0.3, -0.25) is 0 Å². The SMILES string of the molecule is Cc1cc2c3c(c1)N(c1cc4c(cc1C)C(C)(C)CCC4(C)C)c1cc4c(cc1B3N1c3ccccc3[Si](C)(C)c3cccc-2c31)Sc1ccccc1S4. The van der Waals surface area contributed by atoms with Crippen LogP contribution in [0.3, 0.4) is 0 Å². The van der Waals surface area contributed by atoms with E-state index in [0.29, 0.717) is 0 Å². The van der Waals surface area contributed by atoms with Crippen LogP contribution in [0.5, 0.6) is 0 Å². The summed E-state index contributed by atoms with van der Waals surface area (Å²) in [6.07, 6.45) is 2.41. The van der Waals surface area contributed by atoms with Gasteiger partial charge in [0.25, 0.3) is 0 Å². The molecule has 11 rings (SSSR count). The van der Waals surface area contributed by atoms with Crippen molar-refractivity contribution in [3.63, 3.8) is 0 Å². The van der Waals surface area contributed by atoms with Gasteiger partial charge in [0.05, 0.1) is 0 Å². The molecule has 4 heterocycles. The van der Waals surface area contributed by atoms with Crippen molar-refractivity contribution in [3.8, 4) is 11.1 Å². The maximum atomic E-state index is 2.77. The Morgan fingerprint density at radius 2 is 1.24 bits per heavy atom. The van der Waals surface area contributed by atoms with Crippen molar-refractivity contribution < 1.29 is 0 Å². The van der Waals surface area contributed by atoms with E-state index in [9.17, 15) is 0 Å². The largest absolute Gasteiger partial charge is 0.377 e. The van der Waals surface area contributed by atoms with Gasteiger partial charge in [-0.15, -0.1) is 0 Å². The van der Waals surface area contributed by atoms with Gasteiger partial charge in [-0.25, -0.2) is 0 Å². The van der Waals surface area contributed by atoms with Crippen LogP contribution in [0.15, 0.2) is 123 Å². The Morgan fingerprint density at radius 3 is 1.98 bits per heavy atom. The van der Waals surface area contributed by atoms with E-state index in [1.54, 1.807) is 5.19 Å². The van der Waals surface area contributed by atoms with E-state index in [0.717, 1.165) is 0 Å². The van der Waals surface area contributed by atoms with E-state index < -0.39 is 8.07 Å². The minimum atomic E-state index is -1.99. The number of anilines is 5. The van der Waals surface area contributed by atoms with Gasteiger partial charge in [0, 0.05) is 53.6 Å². The van der Waals surface area contributed by atoms with Crippen molar-refractivity contribution in [1.82, 2.24) is 0 Å². The second-order valence-electron chi connectivity index (χ2n) is 18.2. The summed E-state index contributed by atoms with van der Waals surface area (Å²) in [5, 5.41) is 3.08. The van der Waals surface area contributed by atoms with Gasteiger partial charge in [0.15, 0.2) is 0 Å². The number of para-hydroxylation sites is 2. The molecule has 0 atom stereocenters. The summed E-state index contributed by atoms with van der Waals surface area (Å²) in [5.74, 6) is 0. The average Bonchev–Trinajstić information content (AvgIpc) is 3.15. The molecule has 0 spiro atoms. The number of aryl methyl sites for hydroxylation is 2. The summed E-state index contributed by atoms with van der Waals surface area (Å²) >= 11 is 3.87. The van der Waals surface area contributed by atoms with Crippen LogP contribution in [-0.4, -0.2) is 14.9 Å². The fraction of sp³-hybridized carbons (Fsp3) is 0.250. The van der Waals surface area contributed by atoms with Crippen molar-refractivity contribution in [1.29, 1.82) is 0 Å². The summed E-state index contributed by atoms with van der Waals surface area (Å²) in [5.41, 5.74) is 18.3.